The first-order valence-electron chi connectivity index (χ1n) is 5.59. The second-order valence-corrected chi connectivity index (χ2v) is 3.71. The molecule has 0 aliphatic heterocycles. The third-order valence-electron chi connectivity index (χ3n) is 2.25. The molecule has 0 radical (unpaired) electrons. The zero-order valence-corrected chi connectivity index (χ0v) is 10.6. The van der Waals surface area contributed by atoms with Crippen LogP contribution in [0.25, 0.3) is 0 Å². The first-order chi connectivity index (χ1) is 9.65. The highest BCUT2D eigenvalue weighted by Crippen LogP contribution is 2.25. The fourth-order valence-corrected chi connectivity index (χ4v) is 1.46. The monoisotopic (exact) mass is 315 g/mol. The van der Waals surface area contributed by atoms with Crippen molar-refractivity contribution in [1.29, 1.82) is 0 Å². The molecular formula is C11H10F5NO4. The Balaban J connectivity index is 3.28. The van der Waals surface area contributed by atoms with Crippen molar-refractivity contribution >= 4 is 5.97 Å². The summed E-state index contributed by atoms with van der Waals surface area (Å²) < 4.78 is 69.7. The van der Waals surface area contributed by atoms with E-state index < -0.39 is 47.6 Å². The number of aromatic nitrogens is 1. The number of carbonyl (C=O) groups is 1. The van der Waals surface area contributed by atoms with Crippen LogP contribution in [0.1, 0.15) is 24.5 Å². The van der Waals surface area contributed by atoms with Crippen molar-refractivity contribution in [3.63, 3.8) is 0 Å². The fraction of sp³-hybridized carbons (Fsp3) is 0.455. The van der Waals surface area contributed by atoms with Gasteiger partial charge >= 0.3 is 12.3 Å². The molecule has 0 aliphatic carbocycles. The molecule has 0 atom stereocenters. The molecule has 1 heterocycles. The number of hydrogen-bond acceptors (Lipinski definition) is 4. The van der Waals surface area contributed by atoms with Crippen LogP contribution in [0.4, 0.5) is 22.0 Å². The Bertz CT molecular complexity index is 567. The lowest BCUT2D eigenvalue weighted by molar-refractivity contribution is -0.276. The third-order valence-corrected chi connectivity index (χ3v) is 2.25. The highest BCUT2D eigenvalue weighted by Gasteiger charge is 2.34. The Kier molecular flexibility index (Phi) is 5.28. The highest BCUT2D eigenvalue weighted by atomic mass is 19.4. The van der Waals surface area contributed by atoms with Crippen molar-refractivity contribution in [3.8, 4) is 5.88 Å². The van der Waals surface area contributed by atoms with Gasteiger partial charge in [0.2, 0.25) is 5.88 Å². The van der Waals surface area contributed by atoms with Gasteiger partial charge in [-0.1, -0.05) is 0 Å². The molecule has 1 rings (SSSR count). The van der Waals surface area contributed by atoms with Crippen molar-refractivity contribution in [3.05, 3.63) is 27.5 Å². The largest absolute Gasteiger partial charge is 0.574 e. The normalized spacial score (nSPS) is 11.6. The van der Waals surface area contributed by atoms with Gasteiger partial charge in [-0.3, -0.25) is 9.59 Å². The number of esters is 1. The van der Waals surface area contributed by atoms with Crippen LogP contribution in [0.15, 0.2) is 11.0 Å². The summed E-state index contributed by atoms with van der Waals surface area (Å²) in [4.78, 5) is 24.8. The van der Waals surface area contributed by atoms with Crippen molar-refractivity contribution < 1.29 is 36.2 Å². The second-order valence-electron chi connectivity index (χ2n) is 3.71. The van der Waals surface area contributed by atoms with Crippen LogP contribution in [0.5, 0.6) is 5.88 Å². The topological polar surface area (TPSA) is 68.4 Å². The Morgan fingerprint density at radius 2 is 2.00 bits per heavy atom. The van der Waals surface area contributed by atoms with E-state index in [0.717, 1.165) is 0 Å². The molecule has 10 heteroatoms. The van der Waals surface area contributed by atoms with Gasteiger partial charge in [0.05, 0.1) is 24.2 Å². The minimum atomic E-state index is -5.15. The standard InChI is InChI=1S/C11H10F5NO4/c1-2-20-7(18)3-5-8(19)6(9(12)13)4-17-10(5)21-11(14,15)16/h4,9H,2-3H2,1H3,(H,17,19). The molecule has 118 valence electrons. The van der Waals surface area contributed by atoms with Gasteiger partial charge in [-0.2, -0.15) is 0 Å². The Morgan fingerprint density at radius 1 is 1.38 bits per heavy atom. The number of carbonyl (C=O) groups excluding carboxylic acids is 1. The summed E-state index contributed by atoms with van der Waals surface area (Å²) in [6.07, 6.45) is -8.88. The summed E-state index contributed by atoms with van der Waals surface area (Å²) in [6, 6.07) is 0. The second kappa shape index (κ2) is 6.55. The highest BCUT2D eigenvalue weighted by molar-refractivity contribution is 5.73. The molecule has 0 fully saturated rings. The van der Waals surface area contributed by atoms with E-state index in [-0.39, 0.29) is 6.61 Å². The van der Waals surface area contributed by atoms with Crippen molar-refractivity contribution in [1.82, 2.24) is 4.98 Å². The maximum Gasteiger partial charge on any atom is 0.574 e. The summed E-state index contributed by atoms with van der Waals surface area (Å²) >= 11 is 0. The predicted molar refractivity (Wildman–Crippen MR) is 59.0 cm³/mol. The molecule has 0 unspecified atom stereocenters. The van der Waals surface area contributed by atoms with E-state index in [1.807, 2.05) is 0 Å². The van der Waals surface area contributed by atoms with E-state index in [1.54, 1.807) is 4.98 Å². The summed E-state index contributed by atoms with van der Waals surface area (Å²) in [7, 11) is 0. The zero-order valence-electron chi connectivity index (χ0n) is 10.6. The molecule has 1 N–H and O–H groups in total. The van der Waals surface area contributed by atoms with E-state index in [1.165, 1.54) is 6.92 Å². The SMILES string of the molecule is CCOC(=O)Cc1c(OC(F)(F)F)[nH]cc(C(F)F)c1=O. The van der Waals surface area contributed by atoms with E-state index in [9.17, 15) is 31.5 Å². The number of H-pyrrole nitrogens is 1. The number of pyridine rings is 1. The number of nitrogens with one attached hydrogen (secondary N) is 1. The number of hydrogen-bond donors (Lipinski definition) is 1. The molecular weight excluding hydrogens is 305 g/mol. The lowest BCUT2D eigenvalue weighted by Gasteiger charge is -2.13. The van der Waals surface area contributed by atoms with Crippen molar-refractivity contribution in [2.24, 2.45) is 0 Å². The molecule has 0 aromatic carbocycles. The summed E-state index contributed by atoms with van der Waals surface area (Å²) in [5, 5.41) is 0. The third kappa shape index (κ3) is 4.72. The van der Waals surface area contributed by atoms with Gasteiger partial charge in [-0.15, -0.1) is 13.2 Å². The van der Waals surface area contributed by atoms with Gasteiger partial charge in [0.1, 0.15) is 0 Å². The van der Waals surface area contributed by atoms with Gasteiger partial charge in [-0.25, -0.2) is 8.78 Å². The van der Waals surface area contributed by atoms with Gasteiger partial charge in [0.25, 0.3) is 6.43 Å². The van der Waals surface area contributed by atoms with Crippen LogP contribution in [0, 0.1) is 0 Å². The molecule has 1 aromatic rings. The number of rotatable bonds is 5. The molecule has 0 saturated carbocycles. The minimum Gasteiger partial charge on any atom is -0.466 e. The molecule has 0 aliphatic rings. The first kappa shape index (κ1) is 16.9. The summed E-state index contributed by atoms with van der Waals surface area (Å²) in [5.41, 5.74) is -3.34. The number of aromatic amines is 1. The summed E-state index contributed by atoms with van der Waals surface area (Å²) in [5.74, 6) is -2.16. The molecule has 0 bridgehead atoms. The lowest BCUT2D eigenvalue weighted by Crippen LogP contribution is -2.25. The quantitative estimate of drug-likeness (QED) is 0.669. The van der Waals surface area contributed by atoms with Crippen LogP contribution in [-0.2, 0) is 16.0 Å². The Hall–Kier alpha value is -2.13. The maximum atomic E-state index is 12.6. The number of halogens is 5. The Labute approximate surface area is 114 Å². The van der Waals surface area contributed by atoms with Crippen LogP contribution in [0.3, 0.4) is 0 Å². The van der Waals surface area contributed by atoms with Gasteiger partial charge in [0.15, 0.2) is 5.43 Å². The molecule has 1 aromatic heterocycles. The minimum absolute atomic E-state index is 0.0826. The van der Waals surface area contributed by atoms with Crippen molar-refractivity contribution in [2.45, 2.75) is 26.1 Å². The first-order valence-corrected chi connectivity index (χ1v) is 5.59. The average molecular weight is 315 g/mol. The van der Waals surface area contributed by atoms with Gasteiger partial charge in [-0.05, 0) is 6.92 Å². The average Bonchev–Trinajstić information content (AvgIpc) is 2.32. The van der Waals surface area contributed by atoms with Crippen LogP contribution in [0.2, 0.25) is 0 Å². The molecule has 0 amide bonds. The summed E-state index contributed by atoms with van der Waals surface area (Å²) in [6.45, 7) is 1.35. The van der Waals surface area contributed by atoms with Crippen LogP contribution >= 0.6 is 0 Å². The lowest BCUT2D eigenvalue weighted by atomic mass is 10.1. The van der Waals surface area contributed by atoms with E-state index in [0.29, 0.717) is 6.20 Å². The maximum absolute atomic E-state index is 12.6. The van der Waals surface area contributed by atoms with Gasteiger partial charge < -0.3 is 14.5 Å². The predicted octanol–water partition coefficient (Wildman–Crippen LogP) is 2.32. The van der Waals surface area contributed by atoms with E-state index in [4.69, 9.17) is 0 Å². The van der Waals surface area contributed by atoms with Gasteiger partial charge in [0, 0.05) is 6.20 Å². The zero-order chi connectivity index (χ0) is 16.2. The van der Waals surface area contributed by atoms with Crippen LogP contribution < -0.4 is 10.2 Å². The Morgan fingerprint density at radius 3 is 2.48 bits per heavy atom. The van der Waals surface area contributed by atoms with E-state index in [2.05, 4.69) is 9.47 Å². The fourth-order valence-electron chi connectivity index (χ4n) is 1.46. The molecule has 0 spiro atoms. The molecule has 0 saturated heterocycles. The smallest absolute Gasteiger partial charge is 0.466 e. The number of ether oxygens (including phenoxy) is 2. The van der Waals surface area contributed by atoms with E-state index >= 15 is 0 Å². The van der Waals surface area contributed by atoms with Crippen LogP contribution in [-0.4, -0.2) is 23.9 Å². The molecule has 21 heavy (non-hydrogen) atoms. The van der Waals surface area contributed by atoms with Crippen molar-refractivity contribution in [2.75, 3.05) is 6.61 Å². The molecule has 5 nitrogen and oxygen atoms in total. The number of alkyl halides is 5.